The predicted octanol–water partition coefficient (Wildman–Crippen LogP) is 3.51. The lowest BCUT2D eigenvalue weighted by Gasteiger charge is -2.13. The average molecular weight is 242 g/mol. The van der Waals surface area contributed by atoms with Gasteiger partial charge in [-0.3, -0.25) is 0 Å². The van der Waals surface area contributed by atoms with E-state index in [0.717, 1.165) is 12.3 Å². The molecule has 1 aromatic rings. The summed E-state index contributed by atoms with van der Waals surface area (Å²) >= 11 is 0. The fraction of sp³-hybridized carbons (Fsp3) is 0.647. The van der Waals surface area contributed by atoms with Gasteiger partial charge in [0.15, 0.2) is 0 Å². The number of rotatable bonds is 3. The van der Waals surface area contributed by atoms with Crippen molar-refractivity contribution in [1.29, 1.82) is 0 Å². The minimum atomic E-state index is -0.289. The summed E-state index contributed by atoms with van der Waals surface area (Å²) in [5.74, 6) is 2.65. The Labute approximate surface area is 109 Å². The van der Waals surface area contributed by atoms with Gasteiger partial charge in [-0.05, 0) is 60.5 Å². The van der Waals surface area contributed by atoms with E-state index in [1.807, 2.05) is 0 Å². The third-order valence-corrected chi connectivity index (χ3v) is 5.66. The van der Waals surface area contributed by atoms with Crippen LogP contribution in [0.5, 0.6) is 0 Å². The van der Waals surface area contributed by atoms with E-state index in [-0.39, 0.29) is 5.60 Å². The van der Waals surface area contributed by atoms with Gasteiger partial charge in [-0.15, -0.1) is 0 Å². The van der Waals surface area contributed by atoms with Crippen molar-refractivity contribution in [2.45, 2.75) is 50.5 Å². The Hall–Kier alpha value is -0.820. The molecule has 0 amide bonds. The molecule has 0 aliphatic heterocycles. The van der Waals surface area contributed by atoms with Crippen molar-refractivity contribution in [3.63, 3.8) is 0 Å². The maximum atomic E-state index is 10.8. The van der Waals surface area contributed by atoms with Crippen molar-refractivity contribution in [1.82, 2.24) is 0 Å². The summed E-state index contributed by atoms with van der Waals surface area (Å²) in [5, 5.41) is 10.8. The number of fused-ring (bicyclic) bond motifs is 3. The van der Waals surface area contributed by atoms with Crippen molar-refractivity contribution < 1.29 is 5.11 Å². The number of hydrogen-bond acceptors (Lipinski definition) is 1. The normalized spacial score (nSPS) is 44.1. The van der Waals surface area contributed by atoms with Crippen LogP contribution in [-0.2, 0) is 6.42 Å². The highest BCUT2D eigenvalue weighted by Crippen LogP contribution is 2.71. The van der Waals surface area contributed by atoms with Crippen LogP contribution in [0.1, 0.15) is 49.7 Å². The molecule has 0 spiro atoms. The van der Waals surface area contributed by atoms with Crippen LogP contribution in [0.3, 0.4) is 0 Å². The number of aryl methyl sites for hydroxylation is 1. The van der Waals surface area contributed by atoms with Gasteiger partial charge in [0.2, 0.25) is 0 Å². The molecule has 0 aromatic heterocycles. The van der Waals surface area contributed by atoms with Gasteiger partial charge in [-0.25, -0.2) is 0 Å². The molecule has 0 heterocycles. The van der Waals surface area contributed by atoms with E-state index in [9.17, 15) is 5.11 Å². The number of hydrogen-bond donors (Lipinski definition) is 1. The fourth-order valence-electron chi connectivity index (χ4n) is 4.69. The second kappa shape index (κ2) is 3.60. The third kappa shape index (κ3) is 1.37. The molecule has 0 radical (unpaired) electrons. The van der Waals surface area contributed by atoms with Gasteiger partial charge in [-0.1, -0.05) is 37.6 Å². The second-order valence-electron chi connectivity index (χ2n) is 6.63. The Morgan fingerprint density at radius 2 is 2.17 bits per heavy atom. The van der Waals surface area contributed by atoms with Gasteiger partial charge in [0.05, 0.1) is 5.60 Å². The predicted molar refractivity (Wildman–Crippen MR) is 72.4 cm³/mol. The molecule has 1 N–H and O–H groups in total. The first-order valence-electron chi connectivity index (χ1n) is 7.56. The van der Waals surface area contributed by atoms with E-state index < -0.39 is 0 Å². The highest BCUT2D eigenvalue weighted by atomic mass is 16.3. The van der Waals surface area contributed by atoms with E-state index in [1.54, 1.807) is 5.56 Å². The maximum Gasteiger partial charge on any atom is 0.0717 e. The highest BCUT2D eigenvalue weighted by molar-refractivity contribution is 5.42. The fourth-order valence-corrected chi connectivity index (χ4v) is 4.69. The van der Waals surface area contributed by atoms with Crippen LogP contribution < -0.4 is 0 Å². The van der Waals surface area contributed by atoms with Gasteiger partial charge >= 0.3 is 0 Å². The van der Waals surface area contributed by atoms with E-state index in [2.05, 4.69) is 31.2 Å². The molecule has 2 saturated carbocycles. The summed E-state index contributed by atoms with van der Waals surface area (Å²) in [6.45, 7) is 2.23. The third-order valence-electron chi connectivity index (χ3n) is 5.66. The molecule has 5 unspecified atom stereocenters. The average Bonchev–Trinajstić information content (AvgIpc) is 3.26. The topological polar surface area (TPSA) is 20.2 Å². The molecule has 0 bridgehead atoms. The summed E-state index contributed by atoms with van der Waals surface area (Å²) in [6.07, 6.45) is 6.02. The molecule has 5 atom stereocenters. The van der Waals surface area contributed by atoms with Crippen LogP contribution in [-0.4, -0.2) is 10.7 Å². The molecule has 96 valence electrons. The summed E-state index contributed by atoms with van der Waals surface area (Å²) in [7, 11) is 0. The first-order chi connectivity index (χ1) is 8.75. The standard InChI is InChI=1S/C17H22O/c1-2-5-12-10-17(12,18)16-14-9-8-11-6-3-4-7-13(11)15(14)16/h3-4,6-7,12,14-16,18H,2,5,8-10H2,1H3. The lowest BCUT2D eigenvalue weighted by Crippen LogP contribution is -2.16. The van der Waals surface area contributed by atoms with Crippen molar-refractivity contribution >= 4 is 0 Å². The molecular formula is C17H22O. The van der Waals surface area contributed by atoms with Gasteiger partial charge in [0.1, 0.15) is 0 Å². The zero-order valence-corrected chi connectivity index (χ0v) is 11.1. The Kier molecular flexibility index (Phi) is 2.21. The quantitative estimate of drug-likeness (QED) is 0.860. The molecule has 2 fully saturated rings. The van der Waals surface area contributed by atoms with E-state index in [1.165, 1.54) is 31.2 Å². The van der Waals surface area contributed by atoms with Gasteiger partial charge in [0.25, 0.3) is 0 Å². The van der Waals surface area contributed by atoms with Crippen LogP contribution in [0, 0.1) is 17.8 Å². The highest BCUT2D eigenvalue weighted by Gasteiger charge is 2.70. The van der Waals surface area contributed by atoms with Crippen LogP contribution in [0.25, 0.3) is 0 Å². The SMILES string of the molecule is CCCC1CC1(O)C1C2CCc3ccccc3C21. The molecule has 1 heteroatoms. The Morgan fingerprint density at radius 1 is 1.33 bits per heavy atom. The molecule has 4 rings (SSSR count). The first kappa shape index (κ1) is 11.0. The minimum absolute atomic E-state index is 0.289. The zero-order chi connectivity index (χ0) is 12.3. The van der Waals surface area contributed by atoms with Crippen LogP contribution in [0.15, 0.2) is 24.3 Å². The smallest absolute Gasteiger partial charge is 0.0717 e. The summed E-state index contributed by atoms with van der Waals surface area (Å²) in [5.41, 5.74) is 2.80. The largest absolute Gasteiger partial charge is 0.389 e. The Morgan fingerprint density at radius 3 is 3.00 bits per heavy atom. The van der Waals surface area contributed by atoms with E-state index >= 15 is 0 Å². The molecule has 0 saturated heterocycles. The molecule has 1 aromatic carbocycles. The van der Waals surface area contributed by atoms with Crippen molar-refractivity contribution in [2.24, 2.45) is 17.8 Å². The van der Waals surface area contributed by atoms with Crippen LogP contribution >= 0.6 is 0 Å². The molecule has 3 aliphatic carbocycles. The summed E-state index contributed by atoms with van der Waals surface area (Å²) in [6, 6.07) is 8.90. The Bertz CT molecular complexity index is 480. The van der Waals surface area contributed by atoms with E-state index in [4.69, 9.17) is 0 Å². The summed E-state index contributed by atoms with van der Waals surface area (Å²) < 4.78 is 0. The van der Waals surface area contributed by atoms with Gasteiger partial charge in [-0.2, -0.15) is 0 Å². The molecule has 18 heavy (non-hydrogen) atoms. The van der Waals surface area contributed by atoms with Crippen molar-refractivity contribution in [3.05, 3.63) is 35.4 Å². The molecule has 1 nitrogen and oxygen atoms in total. The van der Waals surface area contributed by atoms with E-state index in [0.29, 0.717) is 17.8 Å². The summed E-state index contributed by atoms with van der Waals surface area (Å²) in [4.78, 5) is 0. The lowest BCUT2D eigenvalue weighted by molar-refractivity contribution is 0.0970. The van der Waals surface area contributed by atoms with Crippen LogP contribution in [0.4, 0.5) is 0 Å². The van der Waals surface area contributed by atoms with Gasteiger partial charge in [0, 0.05) is 0 Å². The number of benzene rings is 1. The molecular weight excluding hydrogens is 220 g/mol. The maximum absolute atomic E-state index is 10.8. The minimum Gasteiger partial charge on any atom is -0.389 e. The lowest BCUT2D eigenvalue weighted by atomic mass is 9.92. The van der Waals surface area contributed by atoms with Crippen LogP contribution in [0.2, 0.25) is 0 Å². The monoisotopic (exact) mass is 242 g/mol. The zero-order valence-electron chi connectivity index (χ0n) is 11.1. The van der Waals surface area contributed by atoms with Crippen molar-refractivity contribution in [3.8, 4) is 0 Å². The van der Waals surface area contributed by atoms with Gasteiger partial charge < -0.3 is 5.11 Å². The number of aliphatic hydroxyl groups is 1. The first-order valence-corrected chi connectivity index (χ1v) is 7.56. The molecule has 3 aliphatic rings. The second-order valence-corrected chi connectivity index (χ2v) is 6.63. The Balaban J connectivity index is 1.59. The van der Waals surface area contributed by atoms with Crippen molar-refractivity contribution in [2.75, 3.05) is 0 Å².